The van der Waals surface area contributed by atoms with Crippen molar-refractivity contribution in [2.24, 2.45) is 0 Å². The average Bonchev–Trinajstić information content (AvgIpc) is 3.43. The molecule has 1 aliphatic carbocycles. The Balaban J connectivity index is 1.38. The molecule has 2 aliphatic heterocycles. The van der Waals surface area contributed by atoms with Gasteiger partial charge in [-0.25, -0.2) is 9.97 Å². The van der Waals surface area contributed by atoms with Crippen molar-refractivity contribution in [3.63, 3.8) is 0 Å². The Hall–Kier alpha value is -3.14. The first-order valence-corrected chi connectivity index (χ1v) is 11.6. The van der Waals surface area contributed by atoms with E-state index in [9.17, 15) is 0 Å². The average molecular weight is 407 g/mol. The van der Waals surface area contributed by atoms with Gasteiger partial charge >= 0.3 is 0 Å². The van der Waals surface area contributed by atoms with Gasteiger partial charge in [-0.15, -0.1) is 0 Å². The van der Waals surface area contributed by atoms with E-state index in [0.717, 1.165) is 30.1 Å². The maximum Gasteiger partial charge on any atom is 0.136 e. The minimum absolute atomic E-state index is 0.262. The number of aryl methyl sites for hydroxylation is 1. The van der Waals surface area contributed by atoms with Crippen LogP contribution in [0.4, 0.5) is 11.5 Å². The van der Waals surface area contributed by atoms with Crippen molar-refractivity contribution in [2.75, 3.05) is 11.4 Å². The fourth-order valence-corrected chi connectivity index (χ4v) is 6.34. The van der Waals surface area contributed by atoms with Gasteiger partial charge in [-0.2, -0.15) is 0 Å². The molecule has 0 radical (unpaired) electrons. The molecule has 1 spiro atoms. The molecule has 31 heavy (non-hydrogen) atoms. The Labute approximate surface area is 182 Å². The Morgan fingerprint density at radius 2 is 1.81 bits per heavy atom. The van der Waals surface area contributed by atoms with Crippen LogP contribution in [-0.4, -0.2) is 21.1 Å². The molecule has 0 atom stereocenters. The van der Waals surface area contributed by atoms with Crippen molar-refractivity contribution < 1.29 is 0 Å². The summed E-state index contributed by atoms with van der Waals surface area (Å²) in [5, 5.41) is 0. The Morgan fingerprint density at radius 3 is 2.71 bits per heavy atom. The number of benzene rings is 2. The van der Waals surface area contributed by atoms with Gasteiger partial charge in [-0.3, -0.25) is 4.57 Å². The van der Waals surface area contributed by atoms with Crippen LogP contribution < -0.4 is 4.90 Å². The highest BCUT2D eigenvalue weighted by molar-refractivity contribution is 5.87. The van der Waals surface area contributed by atoms with E-state index >= 15 is 0 Å². The summed E-state index contributed by atoms with van der Waals surface area (Å²) in [7, 11) is 0. The summed E-state index contributed by atoms with van der Waals surface area (Å²) < 4.78 is 2.35. The predicted octanol–water partition coefficient (Wildman–Crippen LogP) is 5.99. The second-order valence-corrected chi connectivity index (χ2v) is 9.60. The van der Waals surface area contributed by atoms with Crippen molar-refractivity contribution in [1.29, 1.82) is 0 Å². The van der Waals surface area contributed by atoms with Crippen LogP contribution >= 0.6 is 0 Å². The van der Waals surface area contributed by atoms with E-state index in [2.05, 4.69) is 64.9 Å². The lowest BCUT2D eigenvalue weighted by atomic mass is 9.71. The minimum Gasteiger partial charge on any atom is -0.325 e. The van der Waals surface area contributed by atoms with Gasteiger partial charge in [0.15, 0.2) is 0 Å². The molecular formula is C27H26N4. The molecule has 154 valence electrons. The number of nitrogens with zero attached hydrogens (tertiary/aromatic N) is 4. The number of para-hydroxylation sites is 1. The molecule has 0 N–H and O–H groups in total. The zero-order chi connectivity index (χ0) is 20.6. The Morgan fingerprint density at radius 1 is 0.935 bits per heavy atom. The molecule has 4 nitrogen and oxygen atoms in total. The van der Waals surface area contributed by atoms with E-state index in [1.165, 1.54) is 65.7 Å². The van der Waals surface area contributed by atoms with E-state index < -0.39 is 0 Å². The van der Waals surface area contributed by atoms with Gasteiger partial charge in [0.25, 0.3) is 0 Å². The molecule has 7 rings (SSSR count). The summed E-state index contributed by atoms with van der Waals surface area (Å²) in [6.07, 6.45) is 9.43. The molecule has 0 unspecified atom stereocenters. The first-order chi connectivity index (χ1) is 15.2. The molecule has 1 saturated carbocycles. The number of pyridine rings is 1. The molecule has 0 amide bonds. The fourth-order valence-electron chi connectivity index (χ4n) is 6.34. The lowest BCUT2D eigenvalue weighted by Crippen LogP contribution is -2.33. The summed E-state index contributed by atoms with van der Waals surface area (Å²) in [4.78, 5) is 12.4. The van der Waals surface area contributed by atoms with Crippen LogP contribution in [0.5, 0.6) is 0 Å². The number of hydrogen-bond donors (Lipinski definition) is 0. The van der Waals surface area contributed by atoms with E-state index in [-0.39, 0.29) is 5.41 Å². The van der Waals surface area contributed by atoms with Crippen LogP contribution in [0, 0.1) is 6.92 Å². The van der Waals surface area contributed by atoms with Gasteiger partial charge in [-0.05, 0) is 55.2 Å². The summed E-state index contributed by atoms with van der Waals surface area (Å²) in [6.45, 7) is 3.28. The van der Waals surface area contributed by atoms with Crippen LogP contribution in [0.3, 0.4) is 0 Å². The van der Waals surface area contributed by atoms with Crippen LogP contribution in [0.15, 0.2) is 54.7 Å². The monoisotopic (exact) mass is 406 g/mol. The third-order valence-electron chi connectivity index (χ3n) is 7.80. The van der Waals surface area contributed by atoms with Crippen molar-refractivity contribution in [3.05, 3.63) is 77.2 Å². The number of fused-ring (bicyclic) bond motifs is 7. The predicted molar refractivity (Wildman–Crippen MR) is 125 cm³/mol. The molecule has 3 aliphatic rings. The number of rotatable bonds is 1. The Bertz CT molecular complexity index is 1340. The summed E-state index contributed by atoms with van der Waals surface area (Å²) in [6, 6.07) is 17.7. The molecule has 2 aromatic carbocycles. The van der Waals surface area contributed by atoms with Gasteiger partial charge in [-0.1, -0.05) is 43.5 Å². The fraction of sp³-hybridized carbons (Fsp3) is 0.333. The highest BCUT2D eigenvalue weighted by Gasteiger charge is 2.44. The molecule has 4 heterocycles. The second-order valence-electron chi connectivity index (χ2n) is 9.60. The smallest absolute Gasteiger partial charge is 0.136 e. The molecular weight excluding hydrogens is 380 g/mol. The first kappa shape index (κ1) is 17.5. The van der Waals surface area contributed by atoms with Gasteiger partial charge in [0, 0.05) is 35.8 Å². The van der Waals surface area contributed by atoms with Gasteiger partial charge in [0.1, 0.15) is 11.6 Å². The standard InChI is InChI=1S/C27H26N4/c1-18-14-24-21(29-25-15-19-8-3-4-10-22(19)31(24)25)16-23(18)30-17-27(11-5-2-6-12-27)20-9-7-13-28-26(20)30/h3-4,7-10,13-14,16H,2,5-6,11-12,15,17H2,1H3. The number of hydrogen-bond acceptors (Lipinski definition) is 3. The quantitative estimate of drug-likeness (QED) is 0.343. The van der Waals surface area contributed by atoms with Crippen LogP contribution in [0.2, 0.25) is 0 Å². The van der Waals surface area contributed by atoms with Crippen LogP contribution in [0.1, 0.15) is 54.6 Å². The van der Waals surface area contributed by atoms with E-state index in [1.54, 1.807) is 0 Å². The molecule has 0 bridgehead atoms. The number of anilines is 2. The highest BCUT2D eigenvalue weighted by Crippen LogP contribution is 2.51. The lowest BCUT2D eigenvalue weighted by Gasteiger charge is -2.34. The minimum atomic E-state index is 0.262. The molecule has 1 fully saturated rings. The molecule has 4 aromatic rings. The Kier molecular flexibility index (Phi) is 3.50. The van der Waals surface area contributed by atoms with E-state index in [4.69, 9.17) is 9.97 Å². The number of imidazole rings is 1. The van der Waals surface area contributed by atoms with E-state index in [0.29, 0.717) is 0 Å². The largest absolute Gasteiger partial charge is 0.325 e. The maximum atomic E-state index is 5.06. The highest BCUT2D eigenvalue weighted by atomic mass is 15.2. The van der Waals surface area contributed by atoms with E-state index in [1.807, 2.05) is 6.20 Å². The van der Waals surface area contributed by atoms with Crippen molar-refractivity contribution >= 4 is 22.5 Å². The van der Waals surface area contributed by atoms with Gasteiger partial charge in [0.2, 0.25) is 0 Å². The van der Waals surface area contributed by atoms with Crippen molar-refractivity contribution in [3.8, 4) is 5.69 Å². The van der Waals surface area contributed by atoms with Crippen LogP contribution in [-0.2, 0) is 11.8 Å². The number of aromatic nitrogens is 3. The zero-order valence-corrected chi connectivity index (χ0v) is 17.9. The first-order valence-electron chi connectivity index (χ1n) is 11.6. The second kappa shape index (κ2) is 6.19. The van der Waals surface area contributed by atoms with Crippen molar-refractivity contribution in [2.45, 2.75) is 50.9 Å². The molecule has 0 saturated heterocycles. The normalized spacial score (nSPS) is 18.4. The van der Waals surface area contributed by atoms with Gasteiger partial charge in [0.05, 0.1) is 16.7 Å². The third-order valence-corrected chi connectivity index (χ3v) is 7.80. The van der Waals surface area contributed by atoms with Crippen LogP contribution in [0.25, 0.3) is 16.7 Å². The zero-order valence-electron chi connectivity index (χ0n) is 17.9. The topological polar surface area (TPSA) is 34.0 Å². The summed E-state index contributed by atoms with van der Waals surface area (Å²) in [5.74, 6) is 2.31. The summed E-state index contributed by atoms with van der Waals surface area (Å²) in [5.41, 5.74) is 9.23. The molecule has 2 aromatic heterocycles. The van der Waals surface area contributed by atoms with Gasteiger partial charge < -0.3 is 4.90 Å². The SMILES string of the molecule is Cc1cc2c(cc1N1CC3(CCCCC3)c3cccnc31)nc1n2-c2ccccc2C1. The van der Waals surface area contributed by atoms with Crippen molar-refractivity contribution in [1.82, 2.24) is 14.5 Å². The molecule has 4 heteroatoms. The third kappa shape index (κ3) is 2.36. The summed E-state index contributed by atoms with van der Waals surface area (Å²) >= 11 is 0. The lowest BCUT2D eigenvalue weighted by molar-refractivity contribution is 0.314. The maximum absolute atomic E-state index is 5.06.